The van der Waals surface area contributed by atoms with Crippen molar-refractivity contribution in [2.45, 2.75) is 70.5 Å². The summed E-state index contributed by atoms with van der Waals surface area (Å²) in [6.07, 6.45) is 12.4. The van der Waals surface area contributed by atoms with Crippen LogP contribution >= 0.6 is 0 Å². The second-order valence-electron chi connectivity index (χ2n) is 8.97. The Morgan fingerprint density at radius 3 is 2.48 bits per heavy atom. The van der Waals surface area contributed by atoms with Crippen molar-refractivity contribution in [3.63, 3.8) is 0 Å². The van der Waals surface area contributed by atoms with Crippen molar-refractivity contribution in [1.82, 2.24) is 0 Å². The van der Waals surface area contributed by atoms with Crippen LogP contribution in [0.25, 0.3) is 0 Å². The van der Waals surface area contributed by atoms with Gasteiger partial charge in [0.15, 0.2) is 0 Å². The molecule has 0 aromatic rings. The quantitative estimate of drug-likeness (QED) is 0.670. The number of allylic oxidation sites excluding steroid dienone is 1. The third kappa shape index (κ3) is 2.05. The predicted octanol–water partition coefficient (Wildman–Crippen LogP) is 3.53. The number of aliphatic hydroxyl groups excluding tert-OH is 1. The van der Waals surface area contributed by atoms with E-state index < -0.39 is 5.60 Å². The molecule has 4 rings (SSSR count). The van der Waals surface area contributed by atoms with E-state index in [0.29, 0.717) is 5.92 Å². The van der Waals surface area contributed by atoms with Gasteiger partial charge in [0.05, 0.1) is 11.7 Å². The second-order valence-corrected chi connectivity index (χ2v) is 8.97. The van der Waals surface area contributed by atoms with Gasteiger partial charge in [-0.05, 0) is 81.5 Å². The predicted molar refractivity (Wildman–Crippen MR) is 83.6 cm³/mol. The standard InChI is InChI=1S/C19H30O2/c1-18(21)9-7-13-12(11-18)3-4-15-14(13)8-10-19(2)16(15)5-6-17(19)20/h5-6,12-17,20-21H,3-4,7-11H2,1-2H3/t12-,13+,14-,15-,16+,17?,18-,19+/m1/s1. The molecule has 4 aliphatic carbocycles. The van der Waals surface area contributed by atoms with E-state index >= 15 is 0 Å². The molecule has 0 amide bonds. The van der Waals surface area contributed by atoms with Crippen LogP contribution in [0.2, 0.25) is 0 Å². The summed E-state index contributed by atoms with van der Waals surface area (Å²) in [7, 11) is 0. The topological polar surface area (TPSA) is 40.5 Å². The molecule has 1 unspecified atom stereocenters. The van der Waals surface area contributed by atoms with Gasteiger partial charge < -0.3 is 10.2 Å². The Morgan fingerprint density at radius 2 is 1.67 bits per heavy atom. The van der Waals surface area contributed by atoms with E-state index in [1.807, 2.05) is 6.92 Å². The van der Waals surface area contributed by atoms with Crippen molar-refractivity contribution < 1.29 is 10.2 Å². The lowest BCUT2D eigenvalue weighted by Crippen LogP contribution is -2.51. The molecule has 0 saturated heterocycles. The van der Waals surface area contributed by atoms with Crippen molar-refractivity contribution in [2.75, 3.05) is 0 Å². The number of aliphatic hydroxyl groups is 2. The van der Waals surface area contributed by atoms with Gasteiger partial charge in [0.2, 0.25) is 0 Å². The normalized spacial score (nSPS) is 59.2. The molecule has 21 heavy (non-hydrogen) atoms. The van der Waals surface area contributed by atoms with Gasteiger partial charge in [-0.2, -0.15) is 0 Å². The molecule has 0 radical (unpaired) electrons. The lowest BCUT2D eigenvalue weighted by Gasteiger charge is -2.56. The zero-order chi connectivity index (χ0) is 14.8. The number of rotatable bonds is 0. The molecule has 3 fully saturated rings. The van der Waals surface area contributed by atoms with Gasteiger partial charge in [0, 0.05) is 5.41 Å². The Hall–Kier alpha value is -0.340. The van der Waals surface area contributed by atoms with E-state index in [1.54, 1.807) is 0 Å². The fourth-order valence-electron chi connectivity index (χ4n) is 6.51. The highest BCUT2D eigenvalue weighted by atomic mass is 16.3. The van der Waals surface area contributed by atoms with Crippen molar-refractivity contribution in [3.05, 3.63) is 12.2 Å². The minimum absolute atomic E-state index is 0.105. The summed E-state index contributed by atoms with van der Waals surface area (Å²) in [5, 5.41) is 20.7. The Balaban J connectivity index is 1.57. The van der Waals surface area contributed by atoms with Crippen LogP contribution < -0.4 is 0 Å². The van der Waals surface area contributed by atoms with E-state index in [1.165, 1.54) is 32.1 Å². The first kappa shape index (κ1) is 14.3. The molecule has 2 N–H and O–H groups in total. The van der Waals surface area contributed by atoms with Crippen molar-refractivity contribution in [2.24, 2.45) is 35.0 Å². The molecule has 2 nitrogen and oxygen atoms in total. The molecule has 0 bridgehead atoms. The molecule has 8 atom stereocenters. The Morgan fingerprint density at radius 1 is 0.905 bits per heavy atom. The van der Waals surface area contributed by atoms with E-state index in [0.717, 1.165) is 36.5 Å². The van der Waals surface area contributed by atoms with E-state index in [2.05, 4.69) is 19.1 Å². The van der Waals surface area contributed by atoms with Crippen LogP contribution in [-0.2, 0) is 0 Å². The average molecular weight is 290 g/mol. The fourth-order valence-corrected chi connectivity index (χ4v) is 6.51. The van der Waals surface area contributed by atoms with E-state index in [4.69, 9.17) is 0 Å². The maximum absolute atomic E-state index is 10.4. The lowest BCUT2D eigenvalue weighted by molar-refractivity contribution is -0.103. The first-order chi connectivity index (χ1) is 9.91. The summed E-state index contributed by atoms with van der Waals surface area (Å²) in [5.74, 6) is 3.79. The SMILES string of the molecule is C[C@@]1(O)CC[C@H]2[C@H](CC[C@@H]3[C@@H]2CC[C@]2(C)C(O)C=C[C@@H]32)C1. The third-order valence-corrected chi connectivity index (χ3v) is 7.71. The molecule has 4 aliphatic rings. The largest absolute Gasteiger partial charge is 0.390 e. The summed E-state index contributed by atoms with van der Waals surface area (Å²) in [4.78, 5) is 0. The number of hydrogen-bond acceptors (Lipinski definition) is 2. The minimum Gasteiger partial charge on any atom is -0.390 e. The van der Waals surface area contributed by atoms with Crippen LogP contribution in [0.4, 0.5) is 0 Å². The van der Waals surface area contributed by atoms with Crippen LogP contribution in [0.5, 0.6) is 0 Å². The molecule has 0 aliphatic heterocycles. The van der Waals surface area contributed by atoms with Gasteiger partial charge in [-0.1, -0.05) is 19.1 Å². The van der Waals surface area contributed by atoms with Crippen LogP contribution in [-0.4, -0.2) is 21.9 Å². The molecule has 2 heteroatoms. The van der Waals surface area contributed by atoms with Gasteiger partial charge in [-0.3, -0.25) is 0 Å². The molecular weight excluding hydrogens is 260 g/mol. The Labute approximate surface area is 128 Å². The van der Waals surface area contributed by atoms with Crippen molar-refractivity contribution in [1.29, 1.82) is 0 Å². The van der Waals surface area contributed by atoms with Crippen molar-refractivity contribution in [3.8, 4) is 0 Å². The summed E-state index contributed by atoms with van der Waals surface area (Å²) in [6.45, 7) is 4.33. The maximum atomic E-state index is 10.4. The molecule has 118 valence electrons. The highest BCUT2D eigenvalue weighted by Crippen LogP contribution is 2.61. The number of hydrogen-bond donors (Lipinski definition) is 2. The van der Waals surface area contributed by atoms with Gasteiger partial charge in [0.1, 0.15) is 0 Å². The second kappa shape index (κ2) is 4.58. The smallest absolute Gasteiger partial charge is 0.0780 e. The van der Waals surface area contributed by atoms with Crippen molar-refractivity contribution >= 4 is 0 Å². The van der Waals surface area contributed by atoms with Gasteiger partial charge in [-0.25, -0.2) is 0 Å². The molecule has 0 heterocycles. The zero-order valence-electron chi connectivity index (χ0n) is 13.5. The zero-order valence-corrected chi connectivity index (χ0v) is 13.5. The summed E-state index contributed by atoms with van der Waals surface area (Å²) < 4.78 is 0. The summed E-state index contributed by atoms with van der Waals surface area (Å²) in [5.41, 5.74) is -0.311. The van der Waals surface area contributed by atoms with Gasteiger partial charge in [-0.15, -0.1) is 0 Å². The van der Waals surface area contributed by atoms with Crippen LogP contribution in [0.3, 0.4) is 0 Å². The monoisotopic (exact) mass is 290 g/mol. The van der Waals surface area contributed by atoms with Crippen LogP contribution in [0.15, 0.2) is 12.2 Å². The van der Waals surface area contributed by atoms with Crippen LogP contribution in [0, 0.1) is 35.0 Å². The first-order valence-corrected chi connectivity index (χ1v) is 8.99. The molecule has 0 aromatic heterocycles. The number of fused-ring (bicyclic) bond motifs is 5. The molecule has 0 spiro atoms. The maximum Gasteiger partial charge on any atom is 0.0780 e. The fraction of sp³-hybridized carbons (Fsp3) is 0.895. The molecule has 0 aromatic carbocycles. The highest BCUT2D eigenvalue weighted by molar-refractivity contribution is 5.18. The summed E-state index contributed by atoms with van der Waals surface area (Å²) >= 11 is 0. The molecular formula is C19H30O2. The van der Waals surface area contributed by atoms with Gasteiger partial charge in [0.25, 0.3) is 0 Å². The van der Waals surface area contributed by atoms with E-state index in [9.17, 15) is 10.2 Å². The highest BCUT2D eigenvalue weighted by Gasteiger charge is 2.55. The van der Waals surface area contributed by atoms with E-state index in [-0.39, 0.29) is 11.5 Å². The summed E-state index contributed by atoms with van der Waals surface area (Å²) in [6, 6.07) is 0. The van der Waals surface area contributed by atoms with Crippen LogP contribution in [0.1, 0.15) is 58.8 Å². The Bertz CT molecular complexity index is 454. The average Bonchev–Trinajstić information content (AvgIpc) is 2.73. The Kier molecular flexibility index (Phi) is 3.11. The minimum atomic E-state index is -0.416. The molecule has 3 saturated carbocycles. The third-order valence-electron chi connectivity index (χ3n) is 7.71. The first-order valence-electron chi connectivity index (χ1n) is 8.99. The lowest BCUT2D eigenvalue weighted by atomic mass is 9.49. The van der Waals surface area contributed by atoms with Gasteiger partial charge >= 0.3 is 0 Å².